The molecule has 0 fully saturated rings. The largest absolute Gasteiger partial charge is 0.496 e. The molecule has 0 aliphatic heterocycles. The van der Waals surface area contributed by atoms with Gasteiger partial charge in [0.1, 0.15) is 5.75 Å². The Kier molecular flexibility index (Phi) is 6.29. The molecule has 1 aromatic carbocycles. The molecule has 2 unspecified atom stereocenters. The molecule has 0 spiro atoms. The SMILES string of the molecule is CCNCC(OC(C)C(F)(F)F)c1ccccc1OC. The summed E-state index contributed by atoms with van der Waals surface area (Å²) in [7, 11) is 1.48. The monoisotopic (exact) mass is 291 g/mol. The fourth-order valence-corrected chi connectivity index (χ4v) is 1.76. The summed E-state index contributed by atoms with van der Waals surface area (Å²) in [5.74, 6) is 0.518. The Morgan fingerprint density at radius 3 is 2.45 bits per heavy atom. The minimum Gasteiger partial charge on any atom is -0.496 e. The highest BCUT2D eigenvalue weighted by molar-refractivity contribution is 5.35. The highest BCUT2D eigenvalue weighted by atomic mass is 19.4. The van der Waals surface area contributed by atoms with Crippen LogP contribution in [0.25, 0.3) is 0 Å². The van der Waals surface area contributed by atoms with Gasteiger partial charge in [0.25, 0.3) is 0 Å². The van der Waals surface area contributed by atoms with Crippen LogP contribution in [0.5, 0.6) is 5.75 Å². The number of likely N-dealkylation sites (N-methyl/N-ethyl adjacent to an activating group) is 1. The molecular formula is C14H20F3NO2. The Labute approximate surface area is 117 Å². The third-order valence-corrected chi connectivity index (χ3v) is 2.89. The number of nitrogens with one attached hydrogen (secondary N) is 1. The minimum absolute atomic E-state index is 0.289. The number of hydrogen-bond donors (Lipinski definition) is 1. The van der Waals surface area contributed by atoms with Crippen molar-refractivity contribution in [2.45, 2.75) is 32.2 Å². The van der Waals surface area contributed by atoms with Gasteiger partial charge in [-0.05, 0) is 19.5 Å². The third-order valence-electron chi connectivity index (χ3n) is 2.89. The molecule has 0 radical (unpaired) electrons. The molecule has 6 heteroatoms. The number of ether oxygens (including phenoxy) is 2. The van der Waals surface area contributed by atoms with E-state index < -0.39 is 18.4 Å². The second-order valence-electron chi connectivity index (χ2n) is 4.36. The van der Waals surface area contributed by atoms with Crippen molar-refractivity contribution in [3.8, 4) is 5.75 Å². The second-order valence-corrected chi connectivity index (χ2v) is 4.36. The van der Waals surface area contributed by atoms with Crippen LogP contribution in [0, 0.1) is 0 Å². The van der Waals surface area contributed by atoms with Crippen LogP contribution in [0.15, 0.2) is 24.3 Å². The van der Waals surface area contributed by atoms with Crippen molar-refractivity contribution in [2.75, 3.05) is 20.2 Å². The molecule has 0 aromatic heterocycles. The highest BCUT2D eigenvalue weighted by Crippen LogP contribution is 2.32. The maximum absolute atomic E-state index is 12.7. The van der Waals surface area contributed by atoms with E-state index in [2.05, 4.69) is 5.32 Å². The zero-order valence-electron chi connectivity index (χ0n) is 11.8. The maximum atomic E-state index is 12.7. The molecule has 114 valence electrons. The first-order chi connectivity index (χ1) is 9.40. The number of halogens is 3. The Balaban J connectivity index is 2.94. The van der Waals surface area contributed by atoms with Crippen LogP contribution in [0.1, 0.15) is 25.5 Å². The number of alkyl halides is 3. The van der Waals surface area contributed by atoms with Gasteiger partial charge >= 0.3 is 6.18 Å². The van der Waals surface area contributed by atoms with Gasteiger partial charge in [0, 0.05) is 12.1 Å². The van der Waals surface area contributed by atoms with Gasteiger partial charge in [0.15, 0.2) is 6.10 Å². The lowest BCUT2D eigenvalue weighted by molar-refractivity contribution is -0.227. The highest BCUT2D eigenvalue weighted by Gasteiger charge is 2.39. The van der Waals surface area contributed by atoms with E-state index in [0.717, 1.165) is 6.92 Å². The van der Waals surface area contributed by atoms with Crippen LogP contribution in [-0.4, -0.2) is 32.5 Å². The van der Waals surface area contributed by atoms with E-state index in [9.17, 15) is 13.2 Å². The van der Waals surface area contributed by atoms with Gasteiger partial charge in [0.2, 0.25) is 0 Å². The molecule has 0 saturated carbocycles. The summed E-state index contributed by atoms with van der Waals surface area (Å²) in [5.41, 5.74) is 0.604. The summed E-state index contributed by atoms with van der Waals surface area (Å²) >= 11 is 0. The topological polar surface area (TPSA) is 30.5 Å². The number of benzene rings is 1. The van der Waals surface area contributed by atoms with Crippen molar-refractivity contribution < 1.29 is 22.6 Å². The third kappa shape index (κ3) is 4.68. The number of hydrogen-bond acceptors (Lipinski definition) is 3. The lowest BCUT2D eigenvalue weighted by Crippen LogP contribution is -2.33. The summed E-state index contributed by atoms with van der Waals surface area (Å²) in [6.45, 7) is 3.83. The van der Waals surface area contributed by atoms with Gasteiger partial charge in [-0.3, -0.25) is 0 Å². The van der Waals surface area contributed by atoms with Gasteiger partial charge in [-0.1, -0.05) is 25.1 Å². The maximum Gasteiger partial charge on any atom is 0.414 e. The summed E-state index contributed by atoms with van der Waals surface area (Å²) in [4.78, 5) is 0. The molecule has 0 aliphatic carbocycles. The lowest BCUT2D eigenvalue weighted by Gasteiger charge is -2.25. The molecule has 20 heavy (non-hydrogen) atoms. The normalized spacial score (nSPS) is 14.9. The average Bonchev–Trinajstić information content (AvgIpc) is 2.42. The zero-order chi connectivity index (χ0) is 15.2. The Hall–Kier alpha value is -1.27. The van der Waals surface area contributed by atoms with Crippen LogP contribution < -0.4 is 10.1 Å². The first-order valence-corrected chi connectivity index (χ1v) is 6.46. The van der Waals surface area contributed by atoms with Crippen LogP contribution in [0.4, 0.5) is 13.2 Å². The number of rotatable bonds is 7. The van der Waals surface area contributed by atoms with Gasteiger partial charge < -0.3 is 14.8 Å². The van der Waals surface area contributed by atoms with Gasteiger partial charge in [-0.25, -0.2) is 0 Å². The first-order valence-electron chi connectivity index (χ1n) is 6.46. The first kappa shape index (κ1) is 16.8. The van der Waals surface area contributed by atoms with Gasteiger partial charge in [-0.15, -0.1) is 0 Å². The van der Waals surface area contributed by atoms with E-state index in [1.54, 1.807) is 24.3 Å². The standard InChI is InChI=1S/C14H20F3NO2/c1-4-18-9-13(20-10(2)14(15,16)17)11-7-5-6-8-12(11)19-3/h5-8,10,13,18H,4,9H2,1-3H3. The summed E-state index contributed by atoms with van der Waals surface area (Å²) < 4.78 is 48.3. The summed E-state index contributed by atoms with van der Waals surface area (Å²) in [5, 5.41) is 3.01. The summed E-state index contributed by atoms with van der Waals surface area (Å²) in [6.07, 6.45) is -6.94. The number of para-hydroxylation sites is 1. The van der Waals surface area contributed by atoms with Crippen LogP contribution in [0.3, 0.4) is 0 Å². The van der Waals surface area contributed by atoms with E-state index in [-0.39, 0.29) is 6.54 Å². The van der Waals surface area contributed by atoms with Crippen molar-refractivity contribution in [1.82, 2.24) is 5.32 Å². The molecule has 0 aliphatic rings. The number of methoxy groups -OCH3 is 1. The van der Waals surface area contributed by atoms with Crippen LogP contribution in [-0.2, 0) is 4.74 Å². The fraction of sp³-hybridized carbons (Fsp3) is 0.571. The molecule has 0 heterocycles. The molecule has 2 atom stereocenters. The van der Waals surface area contributed by atoms with E-state index in [1.165, 1.54) is 7.11 Å². The van der Waals surface area contributed by atoms with Crippen molar-refractivity contribution in [2.24, 2.45) is 0 Å². The molecule has 1 aromatic rings. The molecular weight excluding hydrogens is 271 g/mol. The van der Waals surface area contributed by atoms with E-state index >= 15 is 0 Å². The van der Waals surface area contributed by atoms with Crippen molar-refractivity contribution in [3.63, 3.8) is 0 Å². The van der Waals surface area contributed by atoms with Crippen LogP contribution in [0.2, 0.25) is 0 Å². The Morgan fingerprint density at radius 1 is 1.25 bits per heavy atom. The molecule has 0 bridgehead atoms. The Bertz CT molecular complexity index is 410. The van der Waals surface area contributed by atoms with E-state index in [0.29, 0.717) is 17.9 Å². The van der Waals surface area contributed by atoms with Crippen LogP contribution >= 0.6 is 0 Å². The lowest BCUT2D eigenvalue weighted by atomic mass is 10.1. The minimum atomic E-state index is -4.38. The van der Waals surface area contributed by atoms with Gasteiger partial charge in [-0.2, -0.15) is 13.2 Å². The molecule has 0 amide bonds. The smallest absolute Gasteiger partial charge is 0.414 e. The fourth-order valence-electron chi connectivity index (χ4n) is 1.76. The molecule has 0 saturated heterocycles. The predicted octanol–water partition coefficient (Wildman–Crippen LogP) is 3.31. The second kappa shape index (κ2) is 7.50. The van der Waals surface area contributed by atoms with Crippen molar-refractivity contribution >= 4 is 0 Å². The zero-order valence-corrected chi connectivity index (χ0v) is 11.8. The van der Waals surface area contributed by atoms with Gasteiger partial charge in [0.05, 0.1) is 13.2 Å². The Morgan fingerprint density at radius 2 is 1.90 bits per heavy atom. The predicted molar refractivity (Wildman–Crippen MR) is 70.9 cm³/mol. The molecule has 1 N–H and O–H groups in total. The summed E-state index contributed by atoms with van der Waals surface area (Å²) in [6, 6.07) is 6.93. The van der Waals surface area contributed by atoms with Crippen molar-refractivity contribution in [3.05, 3.63) is 29.8 Å². The van der Waals surface area contributed by atoms with E-state index in [1.807, 2.05) is 6.92 Å². The molecule has 1 rings (SSSR count). The van der Waals surface area contributed by atoms with E-state index in [4.69, 9.17) is 9.47 Å². The molecule has 3 nitrogen and oxygen atoms in total. The average molecular weight is 291 g/mol. The quantitative estimate of drug-likeness (QED) is 0.836. The van der Waals surface area contributed by atoms with Crippen molar-refractivity contribution in [1.29, 1.82) is 0 Å².